The summed E-state index contributed by atoms with van der Waals surface area (Å²) in [6.07, 6.45) is 3.18. The molecule has 1 aromatic carbocycles. The lowest BCUT2D eigenvalue weighted by molar-refractivity contribution is 0.0827. The third kappa shape index (κ3) is 2.31. The van der Waals surface area contributed by atoms with Crippen molar-refractivity contribution in [3.63, 3.8) is 0 Å². The molecule has 18 heavy (non-hydrogen) atoms. The van der Waals surface area contributed by atoms with E-state index < -0.39 is 0 Å². The molecule has 0 unspecified atom stereocenters. The molecule has 0 bridgehead atoms. The van der Waals surface area contributed by atoms with Crippen LogP contribution in [0.25, 0.3) is 5.69 Å². The van der Waals surface area contributed by atoms with Gasteiger partial charge in [-0.1, -0.05) is 11.6 Å². The van der Waals surface area contributed by atoms with Crippen molar-refractivity contribution in [3.8, 4) is 5.69 Å². The molecule has 6 heteroatoms. The van der Waals surface area contributed by atoms with Crippen molar-refractivity contribution in [3.05, 3.63) is 41.2 Å². The zero-order chi connectivity index (χ0) is 13.3. The van der Waals surface area contributed by atoms with E-state index in [9.17, 15) is 4.79 Å². The summed E-state index contributed by atoms with van der Waals surface area (Å²) in [5.74, 6) is -0.0910. The first-order chi connectivity index (χ1) is 8.49. The summed E-state index contributed by atoms with van der Waals surface area (Å²) in [5.41, 5.74) is 7.63. The molecule has 2 aromatic rings. The number of nitrogen functional groups attached to an aromatic ring is 1. The van der Waals surface area contributed by atoms with Crippen molar-refractivity contribution in [2.24, 2.45) is 0 Å². The van der Waals surface area contributed by atoms with Crippen LogP contribution in [0.15, 0.2) is 30.6 Å². The number of halogens is 1. The molecule has 0 saturated carbocycles. The number of benzene rings is 1. The maximum absolute atomic E-state index is 11.8. The first-order valence-corrected chi connectivity index (χ1v) is 5.68. The number of carbonyl (C=O) groups excluding carboxylic acids is 1. The summed E-state index contributed by atoms with van der Waals surface area (Å²) in [6.45, 7) is 0. The van der Waals surface area contributed by atoms with E-state index in [0.717, 1.165) is 0 Å². The van der Waals surface area contributed by atoms with Gasteiger partial charge >= 0.3 is 0 Å². The molecule has 94 valence electrons. The second-order valence-corrected chi connectivity index (χ2v) is 4.51. The fourth-order valence-corrected chi connectivity index (χ4v) is 1.72. The summed E-state index contributed by atoms with van der Waals surface area (Å²) >= 11 is 5.80. The molecule has 0 fully saturated rings. The summed E-state index contributed by atoms with van der Waals surface area (Å²) in [7, 11) is 3.39. The Labute approximate surface area is 110 Å². The molecule has 0 saturated heterocycles. The average Bonchev–Trinajstić information content (AvgIpc) is 2.74. The van der Waals surface area contributed by atoms with Gasteiger partial charge in [-0.15, -0.1) is 0 Å². The number of carbonyl (C=O) groups is 1. The highest BCUT2D eigenvalue weighted by molar-refractivity contribution is 6.30. The number of amides is 1. The zero-order valence-corrected chi connectivity index (χ0v) is 10.8. The highest BCUT2D eigenvalue weighted by atomic mass is 35.5. The van der Waals surface area contributed by atoms with Crippen molar-refractivity contribution < 1.29 is 4.79 Å². The third-order valence-electron chi connectivity index (χ3n) is 2.48. The van der Waals surface area contributed by atoms with Gasteiger partial charge < -0.3 is 10.6 Å². The Hall–Kier alpha value is -2.01. The van der Waals surface area contributed by atoms with Gasteiger partial charge in [-0.2, -0.15) is 5.10 Å². The largest absolute Gasteiger partial charge is 0.397 e. The standard InChI is InChI=1S/C12H13ClN4O/c1-16(2)12(18)8-3-4-11(10(14)5-8)17-7-9(13)6-15-17/h3-7H,14H2,1-2H3. The van der Waals surface area contributed by atoms with Gasteiger partial charge in [-0.3, -0.25) is 4.79 Å². The van der Waals surface area contributed by atoms with Crippen LogP contribution in [0.3, 0.4) is 0 Å². The molecule has 0 aliphatic rings. The van der Waals surface area contributed by atoms with E-state index in [1.165, 1.54) is 11.1 Å². The fourth-order valence-electron chi connectivity index (χ4n) is 1.59. The second kappa shape index (κ2) is 4.70. The Morgan fingerprint density at radius 3 is 2.67 bits per heavy atom. The van der Waals surface area contributed by atoms with Crippen molar-refractivity contribution in [1.29, 1.82) is 0 Å². The van der Waals surface area contributed by atoms with E-state index >= 15 is 0 Å². The van der Waals surface area contributed by atoms with Gasteiger partial charge in [-0.25, -0.2) is 4.68 Å². The van der Waals surface area contributed by atoms with Crippen LogP contribution in [0.2, 0.25) is 5.02 Å². The Balaban J connectivity index is 2.39. The van der Waals surface area contributed by atoms with Crippen molar-refractivity contribution in [1.82, 2.24) is 14.7 Å². The third-order valence-corrected chi connectivity index (χ3v) is 2.67. The van der Waals surface area contributed by atoms with Crippen LogP contribution in [0.4, 0.5) is 5.69 Å². The summed E-state index contributed by atoms with van der Waals surface area (Å²) in [4.78, 5) is 13.3. The Morgan fingerprint density at radius 2 is 2.17 bits per heavy atom. The Morgan fingerprint density at radius 1 is 1.44 bits per heavy atom. The number of nitrogens with two attached hydrogens (primary N) is 1. The molecule has 1 aromatic heterocycles. The van der Waals surface area contributed by atoms with Gasteiger partial charge in [0, 0.05) is 25.9 Å². The zero-order valence-electron chi connectivity index (χ0n) is 10.1. The van der Waals surface area contributed by atoms with Gasteiger partial charge in [0.25, 0.3) is 5.91 Å². The number of nitrogens with zero attached hydrogens (tertiary/aromatic N) is 3. The smallest absolute Gasteiger partial charge is 0.253 e. The van der Waals surface area contributed by atoms with E-state index in [4.69, 9.17) is 17.3 Å². The van der Waals surface area contributed by atoms with E-state index in [1.54, 1.807) is 43.2 Å². The van der Waals surface area contributed by atoms with E-state index in [1.807, 2.05) is 0 Å². The van der Waals surface area contributed by atoms with Gasteiger partial charge in [0.1, 0.15) is 0 Å². The summed E-state index contributed by atoms with van der Waals surface area (Å²) in [6, 6.07) is 5.09. The molecule has 0 aliphatic carbocycles. The average molecular weight is 265 g/mol. The van der Waals surface area contributed by atoms with E-state index in [0.29, 0.717) is 22.0 Å². The lowest BCUT2D eigenvalue weighted by atomic mass is 10.1. The maximum Gasteiger partial charge on any atom is 0.253 e. The number of rotatable bonds is 2. The van der Waals surface area contributed by atoms with Crippen molar-refractivity contribution in [2.75, 3.05) is 19.8 Å². The van der Waals surface area contributed by atoms with Crippen LogP contribution < -0.4 is 5.73 Å². The monoisotopic (exact) mass is 264 g/mol. The molecule has 2 rings (SSSR count). The minimum Gasteiger partial charge on any atom is -0.397 e. The van der Waals surface area contributed by atoms with Crippen molar-refractivity contribution >= 4 is 23.2 Å². The number of hydrogen-bond donors (Lipinski definition) is 1. The molecule has 0 atom stereocenters. The van der Waals surface area contributed by atoms with Crippen molar-refractivity contribution in [2.45, 2.75) is 0 Å². The molecule has 5 nitrogen and oxygen atoms in total. The molecule has 1 heterocycles. The van der Waals surface area contributed by atoms with Gasteiger partial charge in [-0.05, 0) is 18.2 Å². The van der Waals surface area contributed by atoms with Crippen LogP contribution in [0.5, 0.6) is 0 Å². The highest BCUT2D eigenvalue weighted by Crippen LogP contribution is 2.20. The summed E-state index contributed by atoms with van der Waals surface area (Å²) in [5, 5.41) is 4.60. The molecular weight excluding hydrogens is 252 g/mol. The van der Waals surface area contributed by atoms with E-state index in [-0.39, 0.29) is 5.91 Å². The highest BCUT2D eigenvalue weighted by Gasteiger charge is 2.11. The minimum atomic E-state index is -0.0910. The van der Waals surface area contributed by atoms with Crippen LogP contribution in [0, 0.1) is 0 Å². The van der Waals surface area contributed by atoms with Gasteiger partial charge in [0.2, 0.25) is 0 Å². The topological polar surface area (TPSA) is 64.2 Å². The van der Waals surface area contributed by atoms with Crippen LogP contribution >= 0.6 is 11.6 Å². The SMILES string of the molecule is CN(C)C(=O)c1ccc(-n2cc(Cl)cn2)c(N)c1. The number of anilines is 1. The Kier molecular flexibility index (Phi) is 3.25. The fraction of sp³-hybridized carbons (Fsp3) is 0.167. The lowest BCUT2D eigenvalue weighted by Gasteiger charge is -2.12. The molecule has 0 spiro atoms. The van der Waals surface area contributed by atoms with Gasteiger partial charge in [0.05, 0.1) is 22.6 Å². The summed E-state index contributed by atoms with van der Waals surface area (Å²) < 4.78 is 1.57. The molecule has 0 aliphatic heterocycles. The lowest BCUT2D eigenvalue weighted by Crippen LogP contribution is -2.21. The van der Waals surface area contributed by atoms with Gasteiger partial charge in [0.15, 0.2) is 0 Å². The van der Waals surface area contributed by atoms with Crippen LogP contribution in [-0.4, -0.2) is 34.7 Å². The first kappa shape index (κ1) is 12.4. The minimum absolute atomic E-state index is 0.0910. The second-order valence-electron chi connectivity index (χ2n) is 4.08. The molecular formula is C12H13ClN4O. The maximum atomic E-state index is 11.8. The Bertz CT molecular complexity index is 592. The molecule has 1 amide bonds. The molecule has 2 N–H and O–H groups in total. The first-order valence-electron chi connectivity index (χ1n) is 5.31. The predicted octanol–water partition coefficient (Wildman–Crippen LogP) is 1.81. The molecule has 0 radical (unpaired) electrons. The van der Waals surface area contributed by atoms with Crippen LogP contribution in [0.1, 0.15) is 10.4 Å². The normalized spacial score (nSPS) is 10.4. The number of hydrogen-bond acceptors (Lipinski definition) is 3. The predicted molar refractivity (Wildman–Crippen MR) is 71.0 cm³/mol. The quantitative estimate of drug-likeness (QED) is 0.842. The van der Waals surface area contributed by atoms with Crippen LogP contribution in [-0.2, 0) is 0 Å². The van der Waals surface area contributed by atoms with E-state index in [2.05, 4.69) is 5.10 Å². The number of aromatic nitrogens is 2.